The van der Waals surface area contributed by atoms with Crippen LogP contribution in [0.2, 0.25) is 0 Å². The topological polar surface area (TPSA) is 84.5 Å². The average molecular weight is 585 g/mol. The predicted molar refractivity (Wildman–Crippen MR) is 166 cm³/mol. The number of nitrogens with one attached hydrogen (secondary N) is 2. The van der Waals surface area contributed by atoms with Gasteiger partial charge in [-0.05, 0) is 36.8 Å². The summed E-state index contributed by atoms with van der Waals surface area (Å²) in [5.41, 5.74) is 2.32. The quantitative estimate of drug-likeness (QED) is 0.320. The van der Waals surface area contributed by atoms with Crippen molar-refractivity contribution < 1.29 is 19.1 Å². The van der Waals surface area contributed by atoms with E-state index in [4.69, 9.17) is 4.74 Å². The summed E-state index contributed by atoms with van der Waals surface area (Å²) in [6.45, 7) is 2.10. The zero-order valence-electron chi connectivity index (χ0n) is 23.6. The SMILES string of the molecule is CCC[C@@H]1CCCCCCCC(=O)N[C@@H](CSCc2ccccc2)C(=O)N[C@@H](CSCc2ccccc2)C(=O)O1. The first-order chi connectivity index (χ1) is 19.5. The van der Waals surface area contributed by atoms with Gasteiger partial charge >= 0.3 is 5.97 Å². The van der Waals surface area contributed by atoms with E-state index >= 15 is 0 Å². The Bertz CT molecular complexity index is 1020. The van der Waals surface area contributed by atoms with Crippen LogP contribution in [0.25, 0.3) is 0 Å². The van der Waals surface area contributed by atoms with Gasteiger partial charge in [-0.15, -0.1) is 0 Å². The van der Waals surface area contributed by atoms with Crippen LogP contribution in [0.3, 0.4) is 0 Å². The molecule has 3 atom stereocenters. The molecule has 1 aliphatic heterocycles. The van der Waals surface area contributed by atoms with E-state index in [1.165, 1.54) is 0 Å². The Morgan fingerprint density at radius 3 is 1.95 bits per heavy atom. The number of amides is 2. The van der Waals surface area contributed by atoms with Gasteiger partial charge in [-0.25, -0.2) is 4.79 Å². The lowest BCUT2D eigenvalue weighted by molar-refractivity contribution is -0.153. The summed E-state index contributed by atoms with van der Waals surface area (Å²) in [5, 5.41) is 5.91. The van der Waals surface area contributed by atoms with Crippen molar-refractivity contribution in [2.45, 2.75) is 94.4 Å². The van der Waals surface area contributed by atoms with Crippen LogP contribution >= 0.6 is 23.5 Å². The molecule has 0 aromatic heterocycles. The Morgan fingerprint density at radius 1 is 0.750 bits per heavy atom. The van der Waals surface area contributed by atoms with Gasteiger partial charge in [0.05, 0.1) is 0 Å². The van der Waals surface area contributed by atoms with Crippen LogP contribution in [0.4, 0.5) is 0 Å². The van der Waals surface area contributed by atoms with E-state index in [0.717, 1.165) is 74.0 Å². The molecule has 0 spiro atoms. The molecule has 2 aromatic rings. The minimum absolute atomic E-state index is 0.117. The maximum Gasteiger partial charge on any atom is 0.329 e. The van der Waals surface area contributed by atoms with Gasteiger partial charge in [-0.2, -0.15) is 23.5 Å². The minimum Gasteiger partial charge on any atom is -0.461 e. The number of rotatable bonds is 10. The molecule has 218 valence electrons. The molecule has 0 unspecified atom stereocenters. The zero-order chi connectivity index (χ0) is 28.4. The number of ether oxygens (including phenoxy) is 1. The predicted octanol–water partition coefficient (Wildman–Crippen LogP) is 6.28. The molecule has 6 nitrogen and oxygen atoms in total. The highest BCUT2D eigenvalue weighted by Gasteiger charge is 2.29. The minimum atomic E-state index is -0.785. The molecule has 40 heavy (non-hydrogen) atoms. The van der Waals surface area contributed by atoms with Gasteiger partial charge in [-0.1, -0.05) is 93.3 Å². The number of thioether (sulfide) groups is 2. The first kappa shape index (κ1) is 32.1. The monoisotopic (exact) mass is 584 g/mol. The molecule has 2 amide bonds. The van der Waals surface area contributed by atoms with Crippen LogP contribution in [-0.4, -0.2) is 47.5 Å². The molecule has 3 rings (SSSR count). The number of hydrogen-bond donors (Lipinski definition) is 2. The van der Waals surface area contributed by atoms with Crippen molar-refractivity contribution in [3.05, 3.63) is 71.8 Å². The smallest absolute Gasteiger partial charge is 0.329 e. The van der Waals surface area contributed by atoms with Gasteiger partial charge in [0.1, 0.15) is 18.2 Å². The van der Waals surface area contributed by atoms with Gasteiger partial charge in [0, 0.05) is 29.4 Å². The Kier molecular flexibility index (Phi) is 15.1. The second kappa shape index (κ2) is 18.8. The first-order valence-electron chi connectivity index (χ1n) is 14.6. The van der Waals surface area contributed by atoms with Crippen LogP contribution < -0.4 is 10.6 Å². The number of cyclic esters (lactones) is 1. The normalized spacial score (nSPS) is 21.7. The van der Waals surface area contributed by atoms with E-state index < -0.39 is 12.1 Å². The molecule has 0 radical (unpaired) electrons. The fourth-order valence-corrected chi connectivity index (χ4v) is 6.66. The fourth-order valence-electron chi connectivity index (χ4n) is 4.65. The van der Waals surface area contributed by atoms with Crippen molar-refractivity contribution in [3.8, 4) is 0 Å². The molecule has 1 fully saturated rings. The highest BCUT2D eigenvalue weighted by Crippen LogP contribution is 2.19. The molecule has 1 aliphatic rings. The van der Waals surface area contributed by atoms with Gasteiger partial charge in [0.15, 0.2) is 0 Å². The molecule has 1 heterocycles. The van der Waals surface area contributed by atoms with E-state index in [2.05, 4.69) is 29.7 Å². The van der Waals surface area contributed by atoms with E-state index in [1.54, 1.807) is 23.5 Å². The summed E-state index contributed by atoms with van der Waals surface area (Å²) in [6, 6.07) is 18.6. The lowest BCUT2D eigenvalue weighted by Crippen LogP contribution is -2.54. The van der Waals surface area contributed by atoms with Crippen LogP contribution in [-0.2, 0) is 30.6 Å². The number of carbonyl (C=O) groups excluding carboxylic acids is 3. The van der Waals surface area contributed by atoms with Gasteiger partial charge in [0.25, 0.3) is 0 Å². The summed E-state index contributed by atoms with van der Waals surface area (Å²) >= 11 is 3.19. The summed E-state index contributed by atoms with van der Waals surface area (Å²) in [5.74, 6) is 1.44. The van der Waals surface area contributed by atoms with Crippen LogP contribution in [0, 0.1) is 0 Å². The molecule has 0 saturated carbocycles. The van der Waals surface area contributed by atoms with Crippen molar-refractivity contribution in [1.82, 2.24) is 10.6 Å². The largest absolute Gasteiger partial charge is 0.461 e. The summed E-state index contributed by atoms with van der Waals surface area (Å²) in [7, 11) is 0. The lowest BCUT2D eigenvalue weighted by Gasteiger charge is -2.25. The molecular formula is C32H44N2O4S2. The van der Waals surface area contributed by atoms with Gasteiger partial charge in [-0.3, -0.25) is 9.59 Å². The summed E-state index contributed by atoms with van der Waals surface area (Å²) < 4.78 is 5.99. The van der Waals surface area contributed by atoms with Crippen molar-refractivity contribution in [3.63, 3.8) is 0 Å². The molecular weight excluding hydrogens is 540 g/mol. The first-order valence-corrected chi connectivity index (χ1v) is 16.9. The summed E-state index contributed by atoms with van der Waals surface area (Å²) in [6.07, 6.45) is 7.74. The second-order valence-corrected chi connectivity index (χ2v) is 12.4. The Balaban J connectivity index is 1.72. The molecule has 0 aliphatic carbocycles. The van der Waals surface area contributed by atoms with E-state index in [1.807, 2.05) is 48.5 Å². The Labute approximate surface area is 248 Å². The number of hydrogen-bond acceptors (Lipinski definition) is 6. The van der Waals surface area contributed by atoms with Crippen molar-refractivity contribution in [2.24, 2.45) is 0 Å². The van der Waals surface area contributed by atoms with Crippen molar-refractivity contribution >= 4 is 41.3 Å². The molecule has 2 N–H and O–H groups in total. The Morgan fingerprint density at radius 2 is 1.32 bits per heavy atom. The summed E-state index contributed by atoms with van der Waals surface area (Å²) in [4.78, 5) is 39.7. The zero-order valence-corrected chi connectivity index (χ0v) is 25.3. The highest BCUT2D eigenvalue weighted by atomic mass is 32.2. The fraction of sp³-hybridized carbons (Fsp3) is 0.531. The number of carbonyl (C=O) groups is 3. The maximum atomic E-state index is 13.5. The van der Waals surface area contributed by atoms with Gasteiger partial charge in [0.2, 0.25) is 11.8 Å². The third-order valence-electron chi connectivity index (χ3n) is 6.87. The standard InChI is InChI=1S/C32H44N2O4S2/c1-2-14-27-19-12-4-3-5-13-20-30(35)33-28(23-39-21-25-15-8-6-9-16-25)31(36)34-29(32(37)38-27)24-40-22-26-17-10-7-11-18-26/h6-11,15-18,27-29H,2-5,12-14,19-24H2,1H3,(H,33,35)(H,34,36)/t27-,28+,29+/m1/s1. The van der Waals surface area contributed by atoms with E-state index in [0.29, 0.717) is 17.9 Å². The van der Waals surface area contributed by atoms with E-state index in [9.17, 15) is 14.4 Å². The van der Waals surface area contributed by atoms with Crippen molar-refractivity contribution in [2.75, 3.05) is 11.5 Å². The Hall–Kier alpha value is -2.45. The molecule has 0 bridgehead atoms. The second-order valence-electron chi connectivity index (χ2n) is 10.3. The average Bonchev–Trinajstić information content (AvgIpc) is 2.96. The lowest BCUT2D eigenvalue weighted by atomic mass is 10.0. The van der Waals surface area contributed by atoms with E-state index in [-0.39, 0.29) is 23.9 Å². The third-order valence-corrected chi connectivity index (χ3v) is 9.08. The third kappa shape index (κ3) is 12.4. The van der Waals surface area contributed by atoms with Crippen LogP contribution in [0.1, 0.15) is 75.8 Å². The number of esters is 1. The highest BCUT2D eigenvalue weighted by molar-refractivity contribution is 7.98. The van der Waals surface area contributed by atoms with Crippen LogP contribution in [0.15, 0.2) is 60.7 Å². The number of benzene rings is 2. The molecule has 1 saturated heterocycles. The maximum absolute atomic E-state index is 13.5. The molecule has 8 heteroatoms. The van der Waals surface area contributed by atoms with Crippen molar-refractivity contribution in [1.29, 1.82) is 0 Å². The van der Waals surface area contributed by atoms with Gasteiger partial charge < -0.3 is 15.4 Å². The van der Waals surface area contributed by atoms with Crippen LogP contribution in [0.5, 0.6) is 0 Å². The molecule has 2 aromatic carbocycles.